The van der Waals surface area contributed by atoms with E-state index in [1.807, 2.05) is 6.92 Å². The number of carbonyl (C=O) groups is 1. The number of aliphatic hydroxyl groups is 2. The van der Waals surface area contributed by atoms with Crippen LogP contribution >= 0.6 is 11.6 Å². The molecule has 7 nitrogen and oxygen atoms in total. The van der Waals surface area contributed by atoms with E-state index < -0.39 is 35.6 Å². The predicted octanol–water partition coefficient (Wildman–Crippen LogP) is 5.64. The van der Waals surface area contributed by atoms with Gasteiger partial charge in [0.2, 0.25) is 0 Å². The van der Waals surface area contributed by atoms with Crippen LogP contribution in [0.15, 0.2) is 42.6 Å². The van der Waals surface area contributed by atoms with E-state index in [4.69, 9.17) is 16.3 Å². The van der Waals surface area contributed by atoms with Crippen molar-refractivity contribution in [1.29, 1.82) is 0 Å². The lowest BCUT2D eigenvalue weighted by atomic mass is 10.0. The number of aromatic nitrogens is 2. The van der Waals surface area contributed by atoms with Crippen molar-refractivity contribution in [2.75, 3.05) is 6.61 Å². The van der Waals surface area contributed by atoms with E-state index in [0.29, 0.717) is 23.6 Å². The van der Waals surface area contributed by atoms with Crippen LogP contribution in [0, 0.1) is 5.82 Å². The van der Waals surface area contributed by atoms with E-state index in [-0.39, 0.29) is 41.3 Å². The molecule has 218 valence electrons. The molecule has 1 aromatic heterocycles. The van der Waals surface area contributed by atoms with Gasteiger partial charge in [0.15, 0.2) is 6.10 Å². The first kappa shape index (κ1) is 31.4. The van der Waals surface area contributed by atoms with Gasteiger partial charge in [0, 0.05) is 36.5 Å². The molecule has 0 radical (unpaired) electrons. The van der Waals surface area contributed by atoms with Crippen molar-refractivity contribution >= 4 is 17.5 Å². The van der Waals surface area contributed by atoms with Crippen LogP contribution in [0.4, 0.5) is 17.6 Å². The van der Waals surface area contributed by atoms with Crippen molar-refractivity contribution in [2.45, 2.75) is 71.0 Å². The number of hydrogen-bond donors (Lipinski definition) is 3. The number of amides is 1. The molecule has 2 atom stereocenters. The Morgan fingerprint density at radius 2 is 1.90 bits per heavy atom. The molecule has 0 saturated heterocycles. The summed E-state index contributed by atoms with van der Waals surface area (Å²) in [5.74, 6) is -0.917. The first-order chi connectivity index (χ1) is 18.6. The molecule has 40 heavy (non-hydrogen) atoms. The number of alkyl halides is 3. The number of imidazole rings is 1. The Morgan fingerprint density at radius 1 is 1.20 bits per heavy atom. The molecule has 0 fully saturated rings. The molecule has 0 aliphatic rings. The summed E-state index contributed by atoms with van der Waals surface area (Å²) >= 11 is 6.05. The second-order valence-corrected chi connectivity index (χ2v) is 10.3. The molecule has 0 aliphatic carbocycles. The van der Waals surface area contributed by atoms with Crippen molar-refractivity contribution in [3.63, 3.8) is 0 Å². The highest BCUT2D eigenvalue weighted by Gasteiger charge is 2.38. The summed E-state index contributed by atoms with van der Waals surface area (Å²) in [6, 6.07) is 7.65. The van der Waals surface area contributed by atoms with Gasteiger partial charge in [-0.1, -0.05) is 17.7 Å². The Hall–Kier alpha value is -3.15. The fourth-order valence-electron chi connectivity index (χ4n) is 4.10. The van der Waals surface area contributed by atoms with Gasteiger partial charge < -0.3 is 24.8 Å². The number of aliphatic hydroxyl groups excluding tert-OH is 1. The average Bonchev–Trinajstić information content (AvgIpc) is 3.30. The van der Waals surface area contributed by atoms with Crippen molar-refractivity contribution in [1.82, 2.24) is 14.9 Å². The van der Waals surface area contributed by atoms with Crippen molar-refractivity contribution < 1.29 is 37.3 Å². The highest BCUT2D eigenvalue weighted by Crippen LogP contribution is 2.31. The number of nitrogens with one attached hydrogen (secondary N) is 1. The van der Waals surface area contributed by atoms with Gasteiger partial charge >= 0.3 is 6.18 Å². The van der Waals surface area contributed by atoms with Gasteiger partial charge in [-0.25, -0.2) is 9.37 Å². The number of hydrogen-bond acceptors (Lipinski definition) is 5. The molecule has 0 saturated carbocycles. The van der Waals surface area contributed by atoms with Crippen molar-refractivity contribution in [3.8, 4) is 17.0 Å². The molecule has 0 bridgehead atoms. The Labute approximate surface area is 234 Å². The van der Waals surface area contributed by atoms with Gasteiger partial charge in [-0.2, -0.15) is 13.2 Å². The number of halogens is 5. The molecule has 12 heteroatoms. The average molecular weight is 586 g/mol. The van der Waals surface area contributed by atoms with Crippen LogP contribution in [-0.4, -0.2) is 50.6 Å². The second kappa shape index (κ2) is 12.6. The predicted molar refractivity (Wildman–Crippen MR) is 143 cm³/mol. The third kappa shape index (κ3) is 7.74. The molecule has 3 aromatic rings. The third-order valence-electron chi connectivity index (χ3n) is 6.23. The molecule has 2 aromatic carbocycles. The largest absolute Gasteiger partial charge is 0.480 e. The maximum Gasteiger partial charge on any atom is 0.425 e. The monoisotopic (exact) mass is 585 g/mol. The van der Waals surface area contributed by atoms with Crippen LogP contribution < -0.4 is 10.1 Å². The summed E-state index contributed by atoms with van der Waals surface area (Å²) in [6.45, 7) is 6.23. The van der Waals surface area contributed by atoms with Crippen molar-refractivity contribution in [2.24, 2.45) is 0 Å². The Kier molecular flexibility index (Phi) is 9.86. The second-order valence-electron chi connectivity index (χ2n) is 9.94. The first-order valence-corrected chi connectivity index (χ1v) is 13.0. The van der Waals surface area contributed by atoms with Gasteiger partial charge in [0.05, 0.1) is 10.7 Å². The summed E-state index contributed by atoms with van der Waals surface area (Å²) in [4.78, 5) is 17.3. The van der Waals surface area contributed by atoms with Gasteiger partial charge in [-0.15, -0.1) is 0 Å². The van der Waals surface area contributed by atoms with Gasteiger partial charge in [0.1, 0.15) is 23.0 Å². The molecule has 1 heterocycles. The fraction of sp³-hybridized carbons (Fsp3) is 0.429. The van der Waals surface area contributed by atoms with Crippen LogP contribution in [0.2, 0.25) is 5.02 Å². The summed E-state index contributed by atoms with van der Waals surface area (Å²) < 4.78 is 60.1. The van der Waals surface area contributed by atoms with Crippen LogP contribution in [0.25, 0.3) is 11.3 Å². The number of nitrogens with zero attached hydrogens (tertiary/aromatic N) is 2. The Morgan fingerprint density at radius 3 is 2.42 bits per heavy atom. The maximum absolute atomic E-state index is 15.1. The minimum atomic E-state index is -4.58. The standard InChI is InChI=1S/C28H32ClF4N3O4/c1-5-36-15-23(35-26(36)27(3,4)39)20-8-6-17(13-22(20)30)12-19(10-11-37)34-25(38)18-7-9-24(21(29)14-18)40-16(2)28(31,32)33/h6-9,13-16,19,37,39H,5,10-12H2,1-4H3,(H,34,38). The summed E-state index contributed by atoms with van der Waals surface area (Å²) in [7, 11) is 0. The highest BCUT2D eigenvalue weighted by atomic mass is 35.5. The molecular weight excluding hydrogens is 554 g/mol. The van der Waals surface area contributed by atoms with E-state index >= 15 is 4.39 Å². The fourth-order valence-corrected chi connectivity index (χ4v) is 4.32. The van der Waals surface area contributed by atoms with E-state index in [1.54, 1.807) is 36.7 Å². The first-order valence-electron chi connectivity index (χ1n) is 12.7. The van der Waals surface area contributed by atoms with E-state index in [1.165, 1.54) is 24.3 Å². The number of aryl methyl sites for hydroxylation is 1. The zero-order chi connectivity index (χ0) is 29.8. The minimum absolute atomic E-state index is 0.0793. The SMILES string of the molecule is CCn1cc(-c2ccc(CC(CCO)NC(=O)c3ccc(OC(C)C(F)(F)F)c(Cl)c3)cc2F)nc1C(C)(C)O. The summed E-state index contributed by atoms with van der Waals surface area (Å²) in [6.07, 6.45) is -4.63. The molecular formula is C28H32ClF4N3O4. The summed E-state index contributed by atoms with van der Waals surface area (Å²) in [5.41, 5.74) is 0.0498. The zero-order valence-electron chi connectivity index (χ0n) is 22.5. The van der Waals surface area contributed by atoms with E-state index in [2.05, 4.69) is 10.3 Å². The number of benzene rings is 2. The minimum Gasteiger partial charge on any atom is -0.480 e. The normalized spacial score (nSPS) is 13.7. The van der Waals surface area contributed by atoms with Crippen molar-refractivity contribution in [3.05, 3.63) is 70.4 Å². The molecule has 3 N–H and O–H groups in total. The van der Waals surface area contributed by atoms with Gasteiger partial charge in [-0.3, -0.25) is 4.79 Å². The lowest BCUT2D eigenvalue weighted by Crippen LogP contribution is -2.37. The van der Waals surface area contributed by atoms with Crippen LogP contribution in [0.3, 0.4) is 0 Å². The van der Waals surface area contributed by atoms with Crippen LogP contribution in [-0.2, 0) is 18.6 Å². The smallest absolute Gasteiger partial charge is 0.425 e. The lowest BCUT2D eigenvalue weighted by molar-refractivity contribution is -0.189. The highest BCUT2D eigenvalue weighted by molar-refractivity contribution is 6.32. The van der Waals surface area contributed by atoms with E-state index in [9.17, 15) is 28.2 Å². The van der Waals surface area contributed by atoms with Crippen LogP contribution in [0.5, 0.6) is 5.75 Å². The number of rotatable bonds is 11. The van der Waals surface area contributed by atoms with E-state index in [0.717, 1.165) is 6.92 Å². The quantitative estimate of drug-likeness (QED) is 0.253. The molecule has 0 spiro atoms. The topological polar surface area (TPSA) is 96.6 Å². The summed E-state index contributed by atoms with van der Waals surface area (Å²) in [5, 5.41) is 22.5. The molecule has 2 unspecified atom stereocenters. The van der Waals surface area contributed by atoms with Gasteiger partial charge in [0.25, 0.3) is 5.91 Å². The third-order valence-corrected chi connectivity index (χ3v) is 6.52. The maximum atomic E-state index is 15.1. The molecule has 1 amide bonds. The Bertz CT molecular complexity index is 1340. The molecule has 3 rings (SSSR count). The zero-order valence-corrected chi connectivity index (χ0v) is 23.3. The lowest BCUT2D eigenvalue weighted by Gasteiger charge is -2.20. The molecule has 0 aliphatic heterocycles. The number of ether oxygens (including phenoxy) is 1. The Balaban J connectivity index is 1.74. The van der Waals surface area contributed by atoms with Crippen LogP contribution in [0.1, 0.15) is 55.9 Å². The number of carbonyl (C=O) groups excluding carboxylic acids is 1. The van der Waals surface area contributed by atoms with Gasteiger partial charge in [-0.05, 0) is 76.4 Å².